The van der Waals surface area contributed by atoms with E-state index in [1.807, 2.05) is 18.2 Å². The molecule has 0 aliphatic heterocycles. The largest absolute Gasteiger partial charge is 0.326 e. The highest BCUT2D eigenvalue weighted by atomic mass is 31.1. The summed E-state index contributed by atoms with van der Waals surface area (Å²) < 4.78 is 8.74. The lowest BCUT2D eigenvalue weighted by atomic mass is 10.1. The third-order valence-corrected chi connectivity index (χ3v) is 2.46. The van der Waals surface area contributed by atoms with E-state index in [4.69, 9.17) is 14.4 Å². The van der Waals surface area contributed by atoms with Crippen molar-refractivity contribution in [3.05, 3.63) is 57.1 Å². The van der Waals surface area contributed by atoms with Gasteiger partial charge in [0.05, 0.1) is 11.0 Å². The summed E-state index contributed by atoms with van der Waals surface area (Å²) in [6.45, 7) is 3.66. The molecular weight excluding hydrogens is 283 g/mol. The fourth-order valence-electron chi connectivity index (χ4n) is 1.67. The molecule has 4 N–H and O–H groups in total. The molecule has 0 amide bonds. The molecule has 2 rings (SSSR count). The van der Waals surface area contributed by atoms with Gasteiger partial charge in [0.2, 0.25) is 0 Å². The number of allylic oxidation sites excluding steroid dienone is 1. The minimum atomic E-state index is -3.13. The number of para-hydroxylation sites is 1. The second-order valence-corrected chi connectivity index (χ2v) is 4.42. The van der Waals surface area contributed by atoms with Gasteiger partial charge in [0, 0.05) is 0 Å². The molecule has 2 aromatic rings. The molecule has 7 nitrogen and oxygen atoms in total. The van der Waals surface area contributed by atoms with Crippen LogP contribution in [0.3, 0.4) is 0 Å². The van der Waals surface area contributed by atoms with Crippen molar-refractivity contribution in [3.63, 3.8) is 0 Å². The number of benzene rings is 1. The Balaban J connectivity index is 0.000000444. The van der Waals surface area contributed by atoms with Gasteiger partial charge in [-0.25, -0.2) is 0 Å². The first-order valence-electron chi connectivity index (χ1n) is 5.72. The topological polar surface area (TPSA) is 123 Å². The molecule has 20 heavy (non-hydrogen) atoms. The third kappa shape index (κ3) is 4.62. The normalized spacial score (nSPS) is 10.2. The lowest BCUT2D eigenvalue weighted by molar-refractivity contribution is 0.405. The van der Waals surface area contributed by atoms with Crippen LogP contribution in [0.2, 0.25) is 0 Å². The summed E-state index contributed by atoms with van der Waals surface area (Å²) in [4.78, 5) is 41.8. The molecule has 0 fully saturated rings. The van der Waals surface area contributed by atoms with E-state index in [0.29, 0.717) is 11.0 Å². The number of hydrogen-bond donors (Lipinski definition) is 4. The number of rotatable bonds is 3. The lowest BCUT2D eigenvalue weighted by Crippen LogP contribution is -2.29. The molecule has 0 unspecified atom stereocenters. The van der Waals surface area contributed by atoms with E-state index < -0.39 is 19.4 Å². The van der Waals surface area contributed by atoms with Crippen LogP contribution in [0.4, 0.5) is 0 Å². The Kier molecular flexibility index (Phi) is 6.11. The number of aromatic amines is 2. The average Bonchev–Trinajstić information content (AvgIpc) is 2.37. The molecule has 1 aromatic heterocycles. The van der Waals surface area contributed by atoms with Crippen molar-refractivity contribution in [2.45, 2.75) is 12.8 Å². The van der Waals surface area contributed by atoms with E-state index in [2.05, 4.69) is 16.5 Å². The maximum Gasteiger partial charge on any atom is 0.314 e. The van der Waals surface area contributed by atoms with E-state index in [9.17, 15) is 9.59 Å². The first-order valence-corrected chi connectivity index (χ1v) is 7.03. The highest BCUT2D eigenvalue weighted by molar-refractivity contribution is 7.30. The smallest absolute Gasteiger partial charge is 0.314 e. The first kappa shape index (κ1) is 16.1. The zero-order valence-corrected chi connectivity index (χ0v) is 11.5. The number of H-pyrrole nitrogens is 2. The van der Waals surface area contributed by atoms with Gasteiger partial charge in [-0.05, 0) is 24.5 Å². The predicted molar refractivity (Wildman–Crippen MR) is 77.1 cm³/mol. The summed E-state index contributed by atoms with van der Waals surface area (Å²) in [5.41, 5.74) is 1.14. The molecule has 0 aliphatic carbocycles. The van der Waals surface area contributed by atoms with Crippen molar-refractivity contribution in [1.82, 2.24) is 9.97 Å². The average molecular weight is 298 g/mol. The van der Waals surface area contributed by atoms with Crippen LogP contribution in [0, 0.1) is 0 Å². The van der Waals surface area contributed by atoms with Gasteiger partial charge in [0.15, 0.2) is 0 Å². The highest BCUT2D eigenvalue weighted by Crippen LogP contribution is 2.13. The first-order chi connectivity index (χ1) is 9.45. The molecule has 0 radical (unpaired) electrons. The molecule has 0 aliphatic rings. The zero-order chi connectivity index (χ0) is 15.1. The fourth-order valence-corrected chi connectivity index (χ4v) is 1.67. The van der Waals surface area contributed by atoms with Gasteiger partial charge >= 0.3 is 19.4 Å². The molecular formula is C12H15N2O5P. The fraction of sp³-hybridized carbons (Fsp3) is 0.167. The molecule has 0 saturated heterocycles. The SMILES string of the molecule is C=CCCc1cccc2[nH]c(=O)c(=O)[nH]c12.O=[PH](O)O. The molecule has 1 aromatic carbocycles. The van der Waals surface area contributed by atoms with Crippen LogP contribution in [-0.4, -0.2) is 19.8 Å². The van der Waals surface area contributed by atoms with E-state index in [1.165, 1.54) is 0 Å². The summed E-state index contributed by atoms with van der Waals surface area (Å²) in [7, 11) is -3.13. The van der Waals surface area contributed by atoms with Gasteiger partial charge in [-0.2, -0.15) is 0 Å². The van der Waals surface area contributed by atoms with Crippen molar-refractivity contribution in [3.8, 4) is 0 Å². The number of aryl methyl sites for hydroxylation is 1. The van der Waals surface area contributed by atoms with Crippen LogP contribution in [0.5, 0.6) is 0 Å². The molecule has 108 valence electrons. The summed E-state index contributed by atoms with van der Waals surface area (Å²) in [5, 5.41) is 0. The van der Waals surface area contributed by atoms with Gasteiger partial charge in [-0.15, -0.1) is 6.58 Å². The van der Waals surface area contributed by atoms with Crippen molar-refractivity contribution in [2.75, 3.05) is 0 Å². The molecule has 1 heterocycles. The second kappa shape index (κ2) is 7.59. The van der Waals surface area contributed by atoms with E-state index in [1.54, 1.807) is 6.07 Å². The predicted octanol–water partition coefficient (Wildman–Crippen LogP) is 0.696. The molecule has 0 saturated carbocycles. The van der Waals surface area contributed by atoms with Crippen LogP contribution in [-0.2, 0) is 11.0 Å². The van der Waals surface area contributed by atoms with Gasteiger partial charge in [0.25, 0.3) is 0 Å². The standard InChI is InChI=1S/C12H12N2O2.H3O3P/c1-2-3-5-8-6-4-7-9-10(8)14-12(16)11(15)13-9;1-4(2)3/h2,4,6-7H,1,3,5H2,(H,13,15)(H,14,16);4H,(H2,1,2,3). The Morgan fingerprint density at radius 3 is 2.40 bits per heavy atom. The van der Waals surface area contributed by atoms with Crippen molar-refractivity contribution >= 4 is 19.3 Å². The highest BCUT2D eigenvalue weighted by Gasteiger charge is 2.03. The zero-order valence-electron chi connectivity index (χ0n) is 10.5. The van der Waals surface area contributed by atoms with Gasteiger partial charge in [-0.1, -0.05) is 18.2 Å². The number of aromatic nitrogens is 2. The maximum absolute atomic E-state index is 11.2. The van der Waals surface area contributed by atoms with Crippen molar-refractivity contribution in [2.24, 2.45) is 0 Å². The molecule has 0 spiro atoms. The Labute approximate surface area is 114 Å². The maximum atomic E-state index is 11.2. The van der Waals surface area contributed by atoms with Crippen LogP contribution < -0.4 is 11.1 Å². The summed E-state index contributed by atoms with van der Waals surface area (Å²) in [5.74, 6) is 0. The molecule has 0 atom stereocenters. The minimum absolute atomic E-state index is 0.612. The van der Waals surface area contributed by atoms with Crippen LogP contribution >= 0.6 is 8.25 Å². The quantitative estimate of drug-likeness (QED) is 0.377. The van der Waals surface area contributed by atoms with E-state index in [0.717, 1.165) is 18.4 Å². The number of nitrogens with one attached hydrogen (secondary N) is 2. The van der Waals surface area contributed by atoms with Crippen LogP contribution in [0.15, 0.2) is 40.4 Å². The van der Waals surface area contributed by atoms with Gasteiger partial charge in [-0.3, -0.25) is 14.2 Å². The Morgan fingerprint density at radius 1 is 1.20 bits per heavy atom. The van der Waals surface area contributed by atoms with Crippen LogP contribution in [0.1, 0.15) is 12.0 Å². The lowest BCUT2D eigenvalue weighted by Gasteiger charge is -2.03. The van der Waals surface area contributed by atoms with Crippen molar-refractivity contribution < 1.29 is 14.4 Å². The van der Waals surface area contributed by atoms with Crippen molar-refractivity contribution in [1.29, 1.82) is 0 Å². The van der Waals surface area contributed by atoms with E-state index in [-0.39, 0.29) is 0 Å². The Bertz CT molecular complexity index is 730. The Hall–Kier alpha value is -1.95. The van der Waals surface area contributed by atoms with E-state index >= 15 is 0 Å². The summed E-state index contributed by atoms with van der Waals surface area (Å²) in [6.07, 6.45) is 3.45. The summed E-state index contributed by atoms with van der Waals surface area (Å²) >= 11 is 0. The van der Waals surface area contributed by atoms with Gasteiger partial charge < -0.3 is 19.8 Å². The van der Waals surface area contributed by atoms with Gasteiger partial charge in [0.1, 0.15) is 0 Å². The second-order valence-electron chi connectivity index (χ2n) is 3.86. The summed E-state index contributed by atoms with van der Waals surface area (Å²) in [6, 6.07) is 5.55. The Morgan fingerprint density at radius 2 is 1.80 bits per heavy atom. The molecule has 8 heteroatoms. The molecule has 0 bridgehead atoms. The van der Waals surface area contributed by atoms with Crippen LogP contribution in [0.25, 0.3) is 11.0 Å². The monoisotopic (exact) mass is 298 g/mol. The number of hydrogen-bond acceptors (Lipinski definition) is 3. The third-order valence-electron chi connectivity index (χ3n) is 2.46. The number of fused-ring (bicyclic) bond motifs is 1. The minimum Gasteiger partial charge on any atom is -0.326 e.